The number of aryl methyl sites for hydroxylation is 3. The summed E-state index contributed by atoms with van der Waals surface area (Å²) in [4.78, 5) is 28.2. The van der Waals surface area contributed by atoms with Gasteiger partial charge in [0, 0.05) is 30.6 Å². The Hall–Kier alpha value is -4.01. The molecule has 0 aliphatic carbocycles. The third-order valence-electron chi connectivity index (χ3n) is 11.9. The van der Waals surface area contributed by atoms with Gasteiger partial charge in [0.1, 0.15) is 11.5 Å². The van der Waals surface area contributed by atoms with Crippen LogP contribution < -0.4 is 21.3 Å². The summed E-state index contributed by atoms with van der Waals surface area (Å²) in [6, 6.07) is 22.2. The van der Waals surface area contributed by atoms with E-state index in [0.717, 1.165) is 74.6 Å². The summed E-state index contributed by atoms with van der Waals surface area (Å²) >= 11 is 6.10. The van der Waals surface area contributed by atoms with Crippen molar-refractivity contribution in [3.8, 4) is 5.75 Å². The summed E-state index contributed by atoms with van der Waals surface area (Å²) in [5.41, 5.74) is 13.7. The van der Waals surface area contributed by atoms with Crippen LogP contribution in [0.3, 0.4) is 0 Å². The number of ketones is 1. The Kier molecular flexibility index (Phi) is 18.5. The van der Waals surface area contributed by atoms with Gasteiger partial charge in [-0.05, 0) is 168 Å². The highest BCUT2D eigenvalue weighted by Crippen LogP contribution is 2.41. The number of nitrogens with zero attached hydrogens (tertiary/aromatic N) is 1. The third-order valence-corrected chi connectivity index (χ3v) is 12.2. The van der Waals surface area contributed by atoms with E-state index in [9.17, 15) is 9.59 Å². The van der Waals surface area contributed by atoms with Crippen molar-refractivity contribution >= 4 is 29.1 Å². The number of ether oxygens (including phenoxy) is 1. The zero-order chi connectivity index (χ0) is 42.4. The number of hydrogen-bond acceptors (Lipinski definition) is 6. The molecule has 0 bridgehead atoms. The molecular formula is C50H69ClN4O3. The Morgan fingerprint density at radius 1 is 0.914 bits per heavy atom. The highest BCUT2D eigenvalue weighted by Gasteiger charge is 2.34. The van der Waals surface area contributed by atoms with Crippen molar-refractivity contribution < 1.29 is 14.3 Å². The van der Waals surface area contributed by atoms with Gasteiger partial charge in [-0.25, -0.2) is 4.79 Å². The molecule has 5 atom stereocenters. The van der Waals surface area contributed by atoms with Crippen LogP contribution >= 0.6 is 11.6 Å². The Morgan fingerprint density at radius 3 is 2.24 bits per heavy atom. The molecule has 1 amide bonds. The number of rotatable bonds is 22. The molecule has 0 spiro atoms. The van der Waals surface area contributed by atoms with Crippen LogP contribution in [0.15, 0.2) is 96.6 Å². The van der Waals surface area contributed by atoms with Gasteiger partial charge in [0.05, 0.1) is 6.04 Å². The Morgan fingerprint density at radius 2 is 1.62 bits per heavy atom. The lowest BCUT2D eigenvalue weighted by Gasteiger charge is -2.38. The lowest BCUT2D eigenvalue weighted by molar-refractivity contribution is -0.118. The van der Waals surface area contributed by atoms with Crippen LogP contribution in [0, 0.1) is 31.6 Å². The molecule has 3 aromatic carbocycles. The summed E-state index contributed by atoms with van der Waals surface area (Å²) in [6.07, 6.45) is 7.78. The van der Waals surface area contributed by atoms with Gasteiger partial charge in [0.2, 0.25) is 0 Å². The van der Waals surface area contributed by atoms with Crippen LogP contribution in [0.5, 0.6) is 5.75 Å². The number of carbonyl (C=O) groups is 2. The first-order chi connectivity index (χ1) is 27.7. The molecule has 0 fully saturated rings. The molecular weight excluding hydrogens is 740 g/mol. The van der Waals surface area contributed by atoms with Gasteiger partial charge in [-0.3, -0.25) is 16.2 Å². The normalized spacial score (nSPS) is 16.4. The zero-order valence-electron chi connectivity index (χ0n) is 36.3. The average Bonchev–Trinajstić information content (AvgIpc) is 3.18. The quantitative estimate of drug-likeness (QED) is 0.0531. The molecule has 1 aliphatic rings. The monoisotopic (exact) mass is 809 g/mol. The van der Waals surface area contributed by atoms with Crippen LogP contribution in [0.4, 0.5) is 4.79 Å². The van der Waals surface area contributed by atoms with Gasteiger partial charge in [0.15, 0.2) is 0 Å². The number of carbonyl (C=O) groups excluding carboxylic acids is 2. The molecule has 4 rings (SSSR count). The second-order valence-electron chi connectivity index (χ2n) is 17.0. The van der Waals surface area contributed by atoms with Crippen molar-refractivity contribution in [2.24, 2.45) is 23.6 Å². The van der Waals surface area contributed by atoms with E-state index < -0.39 is 0 Å². The van der Waals surface area contributed by atoms with Crippen molar-refractivity contribution in [2.75, 3.05) is 19.6 Å². The van der Waals surface area contributed by atoms with E-state index in [0.29, 0.717) is 42.1 Å². The summed E-state index contributed by atoms with van der Waals surface area (Å²) in [7, 11) is 0. The number of hydrazine groups is 1. The van der Waals surface area contributed by atoms with Crippen LogP contribution in [0.2, 0.25) is 5.02 Å². The van der Waals surface area contributed by atoms with Crippen LogP contribution in [-0.2, 0) is 11.2 Å². The molecule has 7 nitrogen and oxygen atoms in total. The number of benzene rings is 3. The van der Waals surface area contributed by atoms with Gasteiger partial charge >= 0.3 is 6.09 Å². The SMILES string of the molecule is C=C(C)CCC(CC)C(CC(C)=O)C(CNC(CCCc1ccc(C2C(C)=C(c3cc(C)ccc3C)CCN2C(=O)Oc2ccc(Cl)cc2)cc1)CNN)CC(=C)C. The summed E-state index contributed by atoms with van der Waals surface area (Å²) in [5.74, 6) is 7.66. The van der Waals surface area contributed by atoms with E-state index in [2.05, 4.69) is 108 Å². The van der Waals surface area contributed by atoms with Gasteiger partial charge in [-0.1, -0.05) is 84.1 Å². The second-order valence-corrected chi connectivity index (χ2v) is 17.4. The van der Waals surface area contributed by atoms with Crippen molar-refractivity contribution in [1.29, 1.82) is 0 Å². The lowest BCUT2D eigenvalue weighted by atomic mass is 9.73. The van der Waals surface area contributed by atoms with E-state index in [1.807, 2.05) is 4.90 Å². The fourth-order valence-electron chi connectivity index (χ4n) is 8.84. The molecule has 1 aliphatic heterocycles. The molecule has 0 radical (unpaired) electrons. The predicted octanol–water partition coefficient (Wildman–Crippen LogP) is 11.7. The highest BCUT2D eigenvalue weighted by molar-refractivity contribution is 6.30. The standard InChI is InChI=1S/C50H69ClN4O3/c1-10-40(19-14-33(2)3)48(30-37(8)56)42(28-34(4)5)31-53-44(32-54-52)13-11-12-39-17-20-41(21-18-39)49-38(9)46(47-29-35(6)15-16-36(47)7)26-27-55(49)50(57)58-45-24-22-43(51)23-25-45/h15-18,20-25,29,40,42,44,48-49,53-54H,2,4,10-14,19,26-28,30-32,52H2,1,3,5-9H3. The summed E-state index contributed by atoms with van der Waals surface area (Å²) < 4.78 is 5.89. The fraction of sp³-hybridized carbons (Fsp3) is 0.480. The number of allylic oxidation sites excluding steroid dienone is 2. The Labute approximate surface area is 354 Å². The molecule has 1 heterocycles. The maximum atomic E-state index is 13.8. The largest absolute Gasteiger partial charge is 0.416 e. The predicted molar refractivity (Wildman–Crippen MR) is 243 cm³/mol. The van der Waals surface area contributed by atoms with Crippen molar-refractivity contribution in [3.05, 3.63) is 129 Å². The van der Waals surface area contributed by atoms with Gasteiger partial charge < -0.3 is 14.8 Å². The molecule has 4 N–H and O–H groups in total. The van der Waals surface area contributed by atoms with Gasteiger partial charge in [-0.15, -0.1) is 13.2 Å². The van der Waals surface area contributed by atoms with Crippen LogP contribution in [-0.4, -0.2) is 42.5 Å². The zero-order valence-corrected chi connectivity index (χ0v) is 37.0. The van der Waals surface area contributed by atoms with Gasteiger partial charge in [0.25, 0.3) is 0 Å². The molecule has 0 saturated carbocycles. The summed E-state index contributed by atoms with van der Waals surface area (Å²) in [5, 5.41) is 4.44. The topological polar surface area (TPSA) is 96.7 Å². The smallest absolute Gasteiger partial charge is 0.410 e. The first-order valence-electron chi connectivity index (χ1n) is 21.3. The average molecular weight is 810 g/mol. The van der Waals surface area contributed by atoms with Crippen molar-refractivity contribution in [1.82, 2.24) is 15.6 Å². The van der Waals surface area contributed by atoms with E-state index in [1.54, 1.807) is 31.2 Å². The number of hydrogen-bond donors (Lipinski definition) is 3. The first-order valence-corrected chi connectivity index (χ1v) is 21.6. The third kappa shape index (κ3) is 13.8. The number of halogens is 1. The van der Waals surface area contributed by atoms with Crippen LogP contribution in [0.25, 0.3) is 5.57 Å². The minimum Gasteiger partial charge on any atom is -0.410 e. The molecule has 0 aromatic heterocycles. The number of nitrogens with two attached hydrogens (primary N) is 1. The molecule has 5 unspecified atom stereocenters. The van der Waals surface area contributed by atoms with Crippen LogP contribution in [0.1, 0.15) is 120 Å². The van der Waals surface area contributed by atoms with E-state index in [4.69, 9.17) is 22.2 Å². The fourth-order valence-corrected chi connectivity index (χ4v) is 8.96. The van der Waals surface area contributed by atoms with E-state index in [-0.39, 0.29) is 29.9 Å². The maximum absolute atomic E-state index is 13.8. The van der Waals surface area contributed by atoms with E-state index in [1.165, 1.54) is 33.4 Å². The van der Waals surface area contributed by atoms with E-state index >= 15 is 0 Å². The number of Topliss-reactive ketones (excluding diaryl/α,β-unsaturated/α-hetero) is 1. The molecule has 0 saturated heterocycles. The minimum atomic E-state index is -0.377. The van der Waals surface area contributed by atoms with Crippen molar-refractivity contribution in [2.45, 2.75) is 118 Å². The Bertz CT molecular complexity index is 1870. The second kappa shape index (κ2) is 23.0. The molecule has 58 heavy (non-hydrogen) atoms. The van der Waals surface area contributed by atoms with Crippen molar-refractivity contribution in [3.63, 3.8) is 0 Å². The first kappa shape index (κ1) is 46.7. The number of amides is 1. The highest BCUT2D eigenvalue weighted by atomic mass is 35.5. The molecule has 8 heteroatoms. The maximum Gasteiger partial charge on any atom is 0.416 e. The summed E-state index contributed by atoms with van der Waals surface area (Å²) in [6.45, 7) is 25.0. The Balaban J connectivity index is 1.49. The minimum absolute atomic E-state index is 0.184. The molecule has 314 valence electrons. The lowest BCUT2D eigenvalue weighted by Crippen LogP contribution is -2.44. The molecule has 3 aromatic rings. The van der Waals surface area contributed by atoms with Gasteiger partial charge in [-0.2, -0.15) is 0 Å². The number of nitrogens with one attached hydrogen (secondary N) is 2.